The fraction of sp³-hybridized carbons (Fsp3) is 0.750. The molecule has 128 valence electrons. The van der Waals surface area contributed by atoms with Crippen molar-refractivity contribution >= 4 is 17.9 Å². The molecule has 22 heavy (non-hydrogen) atoms. The molecule has 0 heterocycles. The molecule has 0 bridgehead atoms. The van der Waals surface area contributed by atoms with Crippen molar-refractivity contribution in [3.63, 3.8) is 0 Å². The van der Waals surface area contributed by atoms with E-state index in [4.69, 9.17) is 15.6 Å². The minimum atomic E-state index is -5.08. The first kappa shape index (κ1) is 20.0. The number of carboxylic acids is 1. The average Bonchev–Trinajstić information content (AvgIpc) is 2.38. The van der Waals surface area contributed by atoms with Gasteiger partial charge in [0.1, 0.15) is 0 Å². The van der Waals surface area contributed by atoms with Gasteiger partial charge in [-0.1, -0.05) is 0 Å². The fourth-order valence-electron chi connectivity index (χ4n) is 1.83. The molecule has 0 unspecified atom stereocenters. The SMILES string of the molecule is CN(C)C(=O)NC1CCC(C(N)=O)CC1.O=C(O)C(F)(F)F. The number of carboxylic acid groups (broad SMARTS) is 1. The summed E-state index contributed by atoms with van der Waals surface area (Å²) in [6, 6.07) is 0.119. The Labute approximate surface area is 125 Å². The molecule has 1 saturated carbocycles. The van der Waals surface area contributed by atoms with Gasteiger partial charge in [0.15, 0.2) is 0 Å². The van der Waals surface area contributed by atoms with Crippen molar-refractivity contribution in [2.24, 2.45) is 11.7 Å². The Bertz CT molecular complexity index is 405. The minimum Gasteiger partial charge on any atom is -0.475 e. The van der Waals surface area contributed by atoms with Gasteiger partial charge >= 0.3 is 18.2 Å². The number of amides is 3. The Balaban J connectivity index is 0.000000534. The largest absolute Gasteiger partial charge is 0.490 e. The molecule has 1 aliphatic rings. The lowest BCUT2D eigenvalue weighted by atomic mass is 9.86. The average molecular weight is 327 g/mol. The molecular weight excluding hydrogens is 307 g/mol. The number of carbonyl (C=O) groups excluding carboxylic acids is 2. The van der Waals surface area contributed by atoms with Crippen LogP contribution in [-0.4, -0.2) is 54.2 Å². The number of primary amides is 1. The predicted molar refractivity (Wildman–Crippen MR) is 70.8 cm³/mol. The number of nitrogens with zero attached hydrogens (tertiary/aromatic N) is 1. The molecule has 0 aromatic rings. The second-order valence-electron chi connectivity index (χ2n) is 5.10. The van der Waals surface area contributed by atoms with Gasteiger partial charge in [0, 0.05) is 26.1 Å². The summed E-state index contributed by atoms with van der Waals surface area (Å²) < 4.78 is 31.7. The van der Waals surface area contributed by atoms with Gasteiger partial charge in [-0.15, -0.1) is 0 Å². The van der Waals surface area contributed by atoms with Crippen LogP contribution in [0.4, 0.5) is 18.0 Å². The van der Waals surface area contributed by atoms with Crippen LogP contribution in [0.25, 0.3) is 0 Å². The van der Waals surface area contributed by atoms with E-state index in [1.807, 2.05) is 0 Å². The third kappa shape index (κ3) is 7.70. The smallest absolute Gasteiger partial charge is 0.475 e. The number of nitrogens with two attached hydrogens (primary N) is 1. The highest BCUT2D eigenvalue weighted by Crippen LogP contribution is 2.23. The zero-order valence-electron chi connectivity index (χ0n) is 12.3. The normalized spacial score (nSPS) is 21.1. The Hall–Kier alpha value is -2.00. The highest BCUT2D eigenvalue weighted by Gasteiger charge is 2.38. The number of hydrogen-bond acceptors (Lipinski definition) is 3. The van der Waals surface area contributed by atoms with Crippen LogP contribution in [0, 0.1) is 5.92 Å². The maximum absolute atomic E-state index is 11.3. The van der Waals surface area contributed by atoms with Crippen LogP contribution in [0.2, 0.25) is 0 Å². The van der Waals surface area contributed by atoms with Gasteiger partial charge in [0.05, 0.1) is 0 Å². The molecule has 3 amide bonds. The highest BCUT2D eigenvalue weighted by atomic mass is 19.4. The van der Waals surface area contributed by atoms with Crippen LogP contribution in [-0.2, 0) is 9.59 Å². The third-order valence-electron chi connectivity index (χ3n) is 3.11. The monoisotopic (exact) mass is 327 g/mol. The van der Waals surface area contributed by atoms with E-state index in [0.717, 1.165) is 25.7 Å². The standard InChI is InChI=1S/C10H19N3O2.C2HF3O2/c1-13(2)10(15)12-8-5-3-7(4-6-8)9(11)14;3-2(4,5)1(6)7/h7-8H,3-6H2,1-2H3,(H2,11,14)(H,12,15);(H,6,7). The van der Waals surface area contributed by atoms with Crippen LogP contribution >= 0.6 is 0 Å². The van der Waals surface area contributed by atoms with Crippen molar-refractivity contribution in [1.29, 1.82) is 0 Å². The molecule has 0 radical (unpaired) electrons. The molecule has 1 rings (SSSR count). The van der Waals surface area contributed by atoms with Crippen molar-refractivity contribution in [3.05, 3.63) is 0 Å². The molecule has 0 aromatic heterocycles. The number of halogens is 3. The van der Waals surface area contributed by atoms with Gasteiger partial charge < -0.3 is 21.1 Å². The second kappa shape index (κ2) is 8.44. The Morgan fingerprint density at radius 2 is 1.55 bits per heavy atom. The number of carbonyl (C=O) groups is 3. The quantitative estimate of drug-likeness (QED) is 0.700. The summed E-state index contributed by atoms with van der Waals surface area (Å²) >= 11 is 0. The molecule has 7 nitrogen and oxygen atoms in total. The predicted octanol–water partition coefficient (Wildman–Crippen LogP) is 0.935. The van der Waals surface area contributed by atoms with E-state index in [9.17, 15) is 22.8 Å². The van der Waals surface area contributed by atoms with Crippen molar-refractivity contribution in [3.8, 4) is 0 Å². The molecule has 1 aliphatic carbocycles. The van der Waals surface area contributed by atoms with E-state index in [1.165, 1.54) is 4.90 Å². The van der Waals surface area contributed by atoms with Crippen LogP contribution in [0.1, 0.15) is 25.7 Å². The molecule has 10 heteroatoms. The summed E-state index contributed by atoms with van der Waals surface area (Å²) in [7, 11) is 3.43. The van der Waals surface area contributed by atoms with Gasteiger partial charge in [0.25, 0.3) is 0 Å². The van der Waals surface area contributed by atoms with E-state index >= 15 is 0 Å². The molecule has 4 N–H and O–H groups in total. The Morgan fingerprint density at radius 1 is 1.14 bits per heavy atom. The molecule has 1 fully saturated rings. The zero-order chi connectivity index (χ0) is 17.5. The number of urea groups is 1. The first-order valence-corrected chi connectivity index (χ1v) is 6.52. The molecule has 0 atom stereocenters. The fourth-order valence-corrected chi connectivity index (χ4v) is 1.83. The lowest BCUT2D eigenvalue weighted by Crippen LogP contribution is -2.44. The number of aliphatic carboxylic acids is 1. The van der Waals surface area contributed by atoms with Gasteiger partial charge in [-0.2, -0.15) is 13.2 Å². The van der Waals surface area contributed by atoms with Gasteiger partial charge in [-0.3, -0.25) is 4.79 Å². The Morgan fingerprint density at radius 3 is 1.82 bits per heavy atom. The summed E-state index contributed by atoms with van der Waals surface area (Å²) in [5.41, 5.74) is 5.23. The second-order valence-corrected chi connectivity index (χ2v) is 5.10. The third-order valence-corrected chi connectivity index (χ3v) is 3.11. The van der Waals surface area contributed by atoms with Gasteiger partial charge in [-0.25, -0.2) is 9.59 Å². The zero-order valence-corrected chi connectivity index (χ0v) is 12.3. The van der Waals surface area contributed by atoms with E-state index in [-0.39, 0.29) is 23.9 Å². The maximum Gasteiger partial charge on any atom is 0.490 e. The van der Waals surface area contributed by atoms with Crippen molar-refractivity contribution in [2.75, 3.05) is 14.1 Å². The number of hydrogen-bond donors (Lipinski definition) is 3. The van der Waals surface area contributed by atoms with Gasteiger partial charge in [0.2, 0.25) is 5.91 Å². The summed E-state index contributed by atoms with van der Waals surface area (Å²) in [5.74, 6) is -2.97. The summed E-state index contributed by atoms with van der Waals surface area (Å²) in [6.07, 6.45) is -1.83. The first-order chi connectivity index (χ1) is 9.95. The number of alkyl halides is 3. The topological polar surface area (TPSA) is 113 Å². The van der Waals surface area contributed by atoms with Crippen molar-refractivity contribution in [1.82, 2.24) is 10.2 Å². The molecule has 0 aliphatic heterocycles. The van der Waals surface area contributed by atoms with Crippen molar-refractivity contribution in [2.45, 2.75) is 37.9 Å². The van der Waals surface area contributed by atoms with Gasteiger partial charge in [-0.05, 0) is 25.7 Å². The van der Waals surface area contributed by atoms with E-state index in [1.54, 1.807) is 14.1 Å². The molecule has 0 spiro atoms. The van der Waals surface area contributed by atoms with E-state index in [2.05, 4.69) is 5.32 Å². The van der Waals surface area contributed by atoms with Crippen LogP contribution < -0.4 is 11.1 Å². The summed E-state index contributed by atoms with van der Waals surface area (Å²) in [6.45, 7) is 0. The molecule has 0 aromatic carbocycles. The van der Waals surface area contributed by atoms with Crippen LogP contribution in [0.15, 0.2) is 0 Å². The highest BCUT2D eigenvalue weighted by molar-refractivity contribution is 5.77. The van der Waals surface area contributed by atoms with Crippen molar-refractivity contribution < 1.29 is 32.7 Å². The first-order valence-electron chi connectivity index (χ1n) is 6.52. The summed E-state index contributed by atoms with van der Waals surface area (Å²) in [4.78, 5) is 32.7. The lowest BCUT2D eigenvalue weighted by molar-refractivity contribution is -0.192. The molecular formula is C12H20F3N3O4. The van der Waals surface area contributed by atoms with E-state index < -0.39 is 12.1 Å². The molecule has 0 saturated heterocycles. The number of rotatable bonds is 2. The lowest BCUT2D eigenvalue weighted by Gasteiger charge is -2.28. The Kier molecular flexibility index (Phi) is 7.68. The summed E-state index contributed by atoms with van der Waals surface area (Å²) in [5, 5.41) is 10.0. The van der Waals surface area contributed by atoms with Crippen LogP contribution in [0.5, 0.6) is 0 Å². The number of nitrogens with one attached hydrogen (secondary N) is 1. The minimum absolute atomic E-state index is 0.00231. The van der Waals surface area contributed by atoms with E-state index in [0.29, 0.717) is 0 Å². The van der Waals surface area contributed by atoms with Crippen LogP contribution in [0.3, 0.4) is 0 Å². The maximum atomic E-state index is 11.3.